The van der Waals surface area contributed by atoms with Crippen LogP contribution in [0.25, 0.3) is 0 Å². The zero-order chi connectivity index (χ0) is 13.2. The van der Waals surface area contributed by atoms with E-state index in [9.17, 15) is 4.79 Å². The van der Waals surface area contributed by atoms with Gasteiger partial charge in [-0.3, -0.25) is 9.69 Å². The summed E-state index contributed by atoms with van der Waals surface area (Å²) in [7, 11) is 0. The van der Waals surface area contributed by atoms with Gasteiger partial charge in [0.1, 0.15) is 0 Å². The number of carbonyl (C=O) groups excluding carboxylic acids is 1. The molecule has 0 bridgehead atoms. The Hall–Kier alpha value is -1.35. The lowest BCUT2D eigenvalue weighted by atomic mass is 9.81. The van der Waals surface area contributed by atoms with E-state index in [1.807, 2.05) is 0 Å². The standard InChI is InChI=1S/C16H21NO2/c1-12(18)19-11-15-7-4-8-17-10-14-6-3-2-5-13(14)9-16(15)17/h2-3,5-6,15-16H,4,7-11H2,1H3. The minimum Gasteiger partial charge on any atom is -0.466 e. The third-order valence-corrected chi connectivity index (χ3v) is 4.45. The highest BCUT2D eigenvalue weighted by Crippen LogP contribution is 2.33. The second-order valence-electron chi connectivity index (χ2n) is 5.72. The maximum absolute atomic E-state index is 11.0. The first-order valence-electron chi connectivity index (χ1n) is 7.18. The molecule has 0 spiro atoms. The number of esters is 1. The average Bonchev–Trinajstić information content (AvgIpc) is 2.42. The quantitative estimate of drug-likeness (QED) is 0.764. The van der Waals surface area contributed by atoms with Gasteiger partial charge < -0.3 is 4.74 Å². The van der Waals surface area contributed by atoms with E-state index in [4.69, 9.17) is 4.74 Å². The van der Waals surface area contributed by atoms with E-state index < -0.39 is 0 Å². The molecule has 1 saturated heterocycles. The molecule has 0 saturated carbocycles. The molecule has 1 aromatic carbocycles. The van der Waals surface area contributed by atoms with Crippen molar-refractivity contribution >= 4 is 5.97 Å². The van der Waals surface area contributed by atoms with Crippen LogP contribution in [0.5, 0.6) is 0 Å². The van der Waals surface area contributed by atoms with E-state index in [0.717, 1.165) is 13.0 Å². The molecule has 2 aliphatic rings. The summed E-state index contributed by atoms with van der Waals surface area (Å²) in [6, 6.07) is 9.27. The summed E-state index contributed by atoms with van der Waals surface area (Å²) in [5.74, 6) is 0.333. The van der Waals surface area contributed by atoms with Crippen molar-refractivity contribution in [3.63, 3.8) is 0 Å². The van der Waals surface area contributed by atoms with Crippen molar-refractivity contribution in [3.05, 3.63) is 35.4 Å². The van der Waals surface area contributed by atoms with Crippen molar-refractivity contribution in [3.8, 4) is 0 Å². The molecule has 0 radical (unpaired) electrons. The van der Waals surface area contributed by atoms with Gasteiger partial charge in [-0.15, -0.1) is 0 Å². The molecule has 2 unspecified atom stereocenters. The molecule has 3 nitrogen and oxygen atoms in total. The van der Waals surface area contributed by atoms with Crippen LogP contribution in [0.1, 0.15) is 30.9 Å². The van der Waals surface area contributed by atoms with Crippen molar-refractivity contribution in [2.75, 3.05) is 13.2 Å². The van der Waals surface area contributed by atoms with Gasteiger partial charge in [-0.25, -0.2) is 0 Å². The highest BCUT2D eigenvalue weighted by atomic mass is 16.5. The number of ether oxygens (including phenoxy) is 1. The first-order chi connectivity index (χ1) is 9.24. The molecule has 2 atom stereocenters. The Balaban J connectivity index is 1.75. The van der Waals surface area contributed by atoms with E-state index in [-0.39, 0.29) is 5.97 Å². The zero-order valence-corrected chi connectivity index (χ0v) is 11.5. The Morgan fingerprint density at radius 3 is 2.95 bits per heavy atom. The maximum atomic E-state index is 11.0. The molecule has 2 aliphatic heterocycles. The summed E-state index contributed by atoms with van der Waals surface area (Å²) < 4.78 is 5.25. The molecular formula is C16H21NO2. The van der Waals surface area contributed by atoms with Crippen LogP contribution in [0, 0.1) is 5.92 Å². The summed E-state index contributed by atoms with van der Waals surface area (Å²) >= 11 is 0. The highest BCUT2D eigenvalue weighted by Gasteiger charge is 2.35. The Morgan fingerprint density at radius 1 is 1.37 bits per heavy atom. The molecule has 0 amide bonds. The maximum Gasteiger partial charge on any atom is 0.302 e. The molecule has 2 heterocycles. The van der Waals surface area contributed by atoms with Crippen LogP contribution < -0.4 is 0 Å². The summed E-state index contributed by atoms with van der Waals surface area (Å²) in [6.07, 6.45) is 3.49. The van der Waals surface area contributed by atoms with Gasteiger partial charge >= 0.3 is 5.97 Å². The van der Waals surface area contributed by atoms with E-state index in [2.05, 4.69) is 29.2 Å². The summed E-state index contributed by atoms with van der Waals surface area (Å²) in [5, 5.41) is 0. The monoisotopic (exact) mass is 259 g/mol. The number of benzene rings is 1. The molecular weight excluding hydrogens is 238 g/mol. The lowest BCUT2D eigenvalue weighted by Gasteiger charge is -2.44. The molecule has 0 aromatic heterocycles. The van der Waals surface area contributed by atoms with Crippen LogP contribution in [0.3, 0.4) is 0 Å². The fourth-order valence-corrected chi connectivity index (χ4v) is 3.48. The largest absolute Gasteiger partial charge is 0.466 e. The van der Waals surface area contributed by atoms with E-state index in [0.29, 0.717) is 18.6 Å². The lowest BCUT2D eigenvalue weighted by Crippen LogP contribution is -2.50. The van der Waals surface area contributed by atoms with Gasteiger partial charge in [-0.1, -0.05) is 24.3 Å². The topological polar surface area (TPSA) is 29.5 Å². The predicted octanol–water partition coefficient (Wildman–Crippen LogP) is 2.39. The second kappa shape index (κ2) is 5.33. The second-order valence-corrected chi connectivity index (χ2v) is 5.72. The SMILES string of the molecule is CC(=O)OCC1CCCN2Cc3ccccc3CC12. The van der Waals surface area contributed by atoms with Gasteiger partial charge in [0.25, 0.3) is 0 Å². The Kier molecular flexibility index (Phi) is 3.56. The zero-order valence-electron chi connectivity index (χ0n) is 11.5. The molecule has 1 aromatic rings. The molecule has 1 fully saturated rings. The molecule has 102 valence electrons. The number of hydrogen-bond donors (Lipinski definition) is 0. The number of piperidine rings is 1. The first kappa shape index (κ1) is 12.7. The van der Waals surface area contributed by atoms with Crippen LogP contribution in [0.4, 0.5) is 0 Å². The minimum absolute atomic E-state index is 0.159. The first-order valence-corrected chi connectivity index (χ1v) is 7.18. The van der Waals surface area contributed by atoms with Gasteiger partial charge in [0.05, 0.1) is 6.61 Å². The molecule has 3 rings (SSSR count). The minimum atomic E-state index is -0.159. The molecule has 19 heavy (non-hydrogen) atoms. The lowest BCUT2D eigenvalue weighted by molar-refractivity contribution is -0.143. The Labute approximate surface area is 114 Å². The van der Waals surface area contributed by atoms with Crippen molar-refractivity contribution < 1.29 is 9.53 Å². The molecule has 0 aliphatic carbocycles. The smallest absolute Gasteiger partial charge is 0.302 e. The van der Waals surface area contributed by atoms with Crippen LogP contribution in [0.2, 0.25) is 0 Å². The summed E-state index contributed by atoms with van der Waals surface area (Å²) in [4.78, 5) is 13.6. The predicted molar refractivity (Wildman–Crippen MR) is 73.7 cm³/mol. The third kappa shape index (κ3) is 2.66. The number of fused-ring (bicyclic) bond motifs is 2. The Bertz CT molecular complexity index is 472. The van der Waals surface area contributed by atoms with Crippen molar-refractivity contribution in [2.45, 2.75) is 38.8 Å². The van der Waals surface area contributed by atoms with Gasteiger partial charge in [-0.2, -0.15) is 0 Å². The fourth-order valence-electron chi connectivity index (χ4n) is 3.48. The third-order valence-electron chi connectivity index (χ3n) is 4.45. The van der Waals surface area contributed by atoms with Crippen LogP contribution in [-0.2, 0) is 22.5 Å². The molecule has 3 heteroatoms. The summed E-state index contributed by atoms with van der Waals surface area (Å²) in [5.41, 5.74) is 2.94. The Morgan fingerprint density at radius 2 is 2.16 bits per heavy atom. The normalized spacial score (nSPS) is 26.4. The average molecular weight is 259 g/mol. The number of carbonyl (C=O) groups is 1. The van der Waals surface area contributed by atoms with Gasteiger partial charge in [-0.05, 0) is 36.9 Å². The van der Waals surface area contributed by atoms with E-state index in [1.165, 1.54) is 37.4 Å². The van der Waals surface area contributed by atoms with Crippen molar-refractivity contribution in [2.24, 2.45) is 5.92 Å². The number of rotatable bonds is 2. The van der Waals surface area contributed by atoms with Gasteiger partial charge in [0.2, 0.25) is 0 Å². The number of nitrogens with zero attached hydrogens (tertiary/aromatic N) is 1. The molecule has 0 N–H and O–H groups in total. The van der Waals surface area contributed by atoms with Crippen molar-refractivity contribution in [1.82, 2.24) is 4.90 Å². The van der Waals surface area contributed by atoms with E-state index >= 15 is 0 Å². The van der Waals surface area contributed by atoms with Gasteiger partial charge in [0, 0.05) is 25.4 Å². The van der Waals surface area contributed by atoms with Crippen LogP contribution >= 0.6 is 0 Å². The highest BCUT2D eigenvalue weighted by molar-refractivity contribution is 5.65. The van der Waals surface area contributed by atoms with Gasteiger partial charge in [0.15, 0.2) is 0 Å². The summed E-state index contributed by atoms with van der Waals surface area (Å²) in [6.45, 7) is 4.31. The van der Waals surface area contributed by atoms with E-state index in [1.54, 1.807) is 0 Å². The van der Waals surface area contributed by atoms with Crippen LogP contribution in [-0.4, -0.2) is 30.1 Å². The number of hydrogen-bond acceptors (Lipinski definition) is 3. The van der Waals surface area contributed by atoms with Crippen molar-refractivity contribution in [1.29, 1.82) is 0 Å². The fraction of sp³-hybridized carbons (Fsp3) is 0.562. The van der Waals surface area contributed by atoms with Crippen LogP contribution in [0.15, 0.2) is 24.3 Å².